The number of amides is 1. The zero-order chi connectivity index (χ0) is 17.8. The molecule has 1 N–H and O–H groups in total. The van der Waals surface area contributed by atoms with E-state index in [1.54, 1.807) is 24.1 Å². The van der Waals surface area contributed by atoms with Gasteiger partial charge in [0.15, 0.2) is 5.76 Å². The smallest absolute Gasteiger partial charge is 0.309 e. The van der Waals surface area contributed by atoms with Crippen LogP contribution in [0.4, 0.5) is 0 Å². The minimum atomic E-state index is -0.767. The predicted molar refractivity (Wildman–Crippen MR) is 89.4 cm³/mol. The van der Waals surface area contributed by atoms with Crippen molar-refractivity contribution < 1.29 is 23.8 Å². The number of carboxylic acid groups (broad SMARTS) is 1. The van der Waals surface area contributed by atoms with Crippen molar-refractivity contribution in [3.05, 3.63) is 24.2 Å². The molecule has 2 saturated heterocycles. The van der Waals surface area contributed by atoms with Crippen molar-refractivity contribution >= 4 is 11.9 Å². The highest BCUT2D eigenvalue weighted by Crippen LogP contribution is 2.20. The predicted octanol–water partition coefficient (Wildman–Crippen LogP) is 0.0688. The average Bonchev–Trinajstić information content (AvgIpc) is 3.07. The molecule has 8 heteroatoms. The summed E-state index contributed by atoms with van der Waals surface area (Å²) in [5.41, 5.74) is 0. The van der Waals surface area contributed by atoms with E-state index < -0.39 is 11.9 Å². The molecule has 0 aromatic carbocycles. The molecule has 0 radical (unpaired) electrons. The summed E-state index contributed by atoms with van der Waals surface area (Å²) in [7, 11) is 1.64. The van der Waals surface area contributed by atoms with Gasteiger partial charge in [-0.05, 0) is 12.1 Å². The number of nitrogens with zero attached hydrogens (tertiary/aromatic N) is 3. The maximum absolute atomic E-state index is 12.5. The van der Waals surface area contributed by atoms with E-state index in [1.807, 2.05) is 0 Å². The molecule has 2 fully saturated rings. The summed E-state index contributed by atoms with van der Waals surface area (Å²) in [5, 5.41) is 9.50. The number of carbonyl (C=O) groups excluding carboxylic acids is 1. The van der Waals surface area contributed by atoms with Crippen molar-refractivity contribution in [2.45, 2.75) is 6.04 Å². The van der Waals surface area contributed by atoms with Crippen LogP contribution in [0.1, 0.15) is 10.6 Å². The van der Waals surface area contributed by atoms with Gasteiger partial charge in [-0.1, -0.05) is 0 Å². The summed E-state index contributed by atoms with van der Waals surface area (Å²) in [6.45, 7) is 4.86. The van der Waals surface area contributed by atoms with E-state index in [4.69, 9.17) is 9.15 Å². The molecule has 1 aromatic rings. The van der Waals surface area contributed by atoms with Gasteiger partial charge in [-0.15, -0.1) is 0 Å². The molecule has 138 valence electrons. The van der Waals surface area contributed by atoms with E-state index in [0.717, 1.165) is 6.54 Å². The van der Waals surface area contributed by atoms with Crippen molar-refractivity contribution in [2.24, 2.45) is 5.92 Å². The minimum absolute atomic E-state index is 0.105. The lowest BCUT2D eigenvalue weighted by atomic mass is 10.1. The van der Waals surface area contributed by atoms with Gasteiger partial charge in [-0.2, -0.15) is 0 Å². The molecule has 0 unspecified atom stereocenters. The Bertz CT molecular complexity index is 591. The molecule has 25 heavy (non-hydrogen) atoms. The second kappa shape index (κ2) is 7.99. The van der Waals surface area contributed by atoms with Gasteiger partial charge in [0.05, 0.1) is 18.8 Å². The van der Waals surface area contributed by atoms with Crippen LogP contribution >= 0.6 is 0 Å². The normalized spacial score (nSPS) is 25.4. The summed E-state index contributed by atoms with van der Waals surface area (Å²) >= 11 is 0. The monoisotopic (exact) mass is 351 g/mol. The van der Waals surface area contributed by atoms with Gasteiger partial charge in [-0.25, -0.2) is 0 Å². The van der Waals surface area contributed by atoms with E-state index >= 15 is 0 Å². The molecular weight excluding hydrogens is 326 g/mol. The Morgan fingerprint density at radius 3 is 2.80 bits per heavy atom. The molecule has 3 rings (SSSR count). The van der Waals surface area contributed by atoms with Crippen molar-refractivity contribution in [3.63, 3.8) is 0 Å². The van der Waals surface area contributed by atoms with Gasteiger partial charge in [-0.3, -0.25) is 19.4 Å². The third kappa shape index (κ3) is 4.20. The number of fused-ring (bicyclic) bond motifs is 1. The summed E-state index contributed by atoms with van der Waals surface area (Å²) in [6, 6.07) is 3.50. The molecule has 2 aliphatic heterocycles. The number of ether oxygens (including phenoxy) is 1. The van der Waals surface area contributed by atoms with Crippen LogP contribution in [0.3, 0.4) is 0 Å². The summed E-state index contributed by atoms with van der Waals surface area (Å²) < 4.78 is 10.4. The standard InChI is InChI=1S/C17H25N3O5/c1-24-8-6-18-9-13(17(22)23)10-19-4-5-20(12-14(19)11-18)16(21)15-3-2-7-25-15/h2-3,7,13-14H,4-6,8-12H2,1H3,(H,22,23)/t13-,14+/m0/s1. The number of rotatable bonds is 5. The number of furan rings is 1. The Labute approximate surface area is 146 Å². The Morgan fingerprint density at radius 2 is 2.12 bits per heavy atom. The van der Waals surface area contributed by atoms with E-state index in [9.17, 15) is 14.7 Å². The Kier molecular flexibility index (Phi) is 5.72. The summed E-state index contributed by atoms with van der Waals surface area (Å²) in [6.07, 6.45) is 1.50. The van der Waals surface area contributed by atoms with E-state index in [-0.39, 0.29) is 11.9 Å². The number of carboxylic acids is 1. The number of carbonyl (C=O) groups is 2. The minimum Gasteiger partial charge on any atom is -0.481 e. The number of methoxy groups -OCH3 is 1. The summed E-state index contributed by atoms with van der Waals surface area (Å²) in [5.74, 6) is -0.944. The molecule has 0 bridgehead atoms. The Morgan fingerprint density at radius 1 is 1.28 bits per heavy atom. The molecule has 1 aromatic heterocycles. The van der Waals surface area contributed by atoms with E-state index in [0.29, 0.717) is 51.6 Å². The lowest BCUT2D eigenvalue weighted by molar-refractivity contribution is -0.142. The SMILES string of the molecule is COCCN1C[C@H](C(=O)O)CN2CCN(C(=O)c3ccco3)C[C@H]2C1. The van der Waals surface area contributed by atoms with Crippen molar-refractivity contribution in [3.8, 4) is 0 Å². The lowest BCUT2D eigenvalue weighted by Gasteiger charge is -2.41. The number of aliphatic carboxylic acids is 1. The first-order valence-electron chi connectivity index (χ1n) is 8.59. The molecule has 0 spiro atoms. The highest BCUT2D eigenvalue weighted by molar-refractivity contribution is 5.91. The van der Waals surface area contributed by atoms with Crippen LogP contribution in [0.5, 0.6) is 0 Å². The molecule has 2 atom stereocenters. The molecule has 0 saturated carbocycles. The molecule has 3 heterocycles. The first kappa shape index (κ1) is 17.9. The highest BCUT2D eigenvalue weighted by Gasteiger charge is 2.37. The van der Waals surface area contributed by atoms with Crippen molar-refractivity contribution in [1.29, 1.82) is 0 Å². The van der Waals surface area contributed by atoms with Crippen LogP contribution in [-0.4, -0.2) is 97.3 Å². The highest BCUT2D eigenvalue weighted by atomic mass is 16.5. The van der Waals surface area contributed by atoms with Gasteiger partial charge < -0.3 is 19.2 Å². The number of hydrogen-bond donors (Lipinski definition) is 1. The molecule has 8 nitrogen and oxygen atoms in total. The van der Waals surface area contributed by atoms with Crippen molar-refractivity contribution in [1.82, 2.24) is 14.7 Å². The third-order valence-electron chi connectivity index (χ3n) is 4.99. The maximum atomic E-state index is 12.5. The average molecular weight is 351 g/mol. The van der Waals surface area contributed by atoms with Crippen LogP contribution < -0.4 is 0 Å². The van der Waals surface area contributed by atoms with Gasteiger partial charge in [0.2, 0.25) is 0 Å². The Hall–Kier alpha value is -1.90. The fourth-order valence-electron chi connectivity index (χ4n) is 3.63. The summed E-state index contributed by atoms with van der Waals surface area (Å²) in [4.78, 5) is 30.2. The van der Waals surface area contributed by atoms with Crippen molar-refractivity contribution in [2.75, 3.05) is 59.5 Å². The zero-order valence-corrected chi connectivity index (χ0v) is 14.5. The first-order valence-corrected chi connectivity index (χ1v) is 8.59. The van der Waals surface area contributed by atoms with Crippen LogP contribution in [0.15, 0.2) is 22.8 Å². The van der Waals surface area contributed by atoms with Gasteiger partial charge in [0.25, 0.3) is 5.91 Å². The number of piperazine rings is 1. The zero-order valence-electron chi connectivity index (χ0n) is 14.5. The van der Waals surface area contributed by atoms with E-state index in [1.165, 1.54) is 6.26 Å². The fraction of sp³-hybridized carbons (Fsp3) is 0.647. The van der Waals surface area contributed by atoms with Crippen LogP contribution in [0.25, 0.3) is 0 Å². The fourth-order valence-corrected chi connectivity index (χ4v) is 3.63. The van der Waals surface area contributed by atoms with Crippen LogP contribution in [0, 0.1) is 5.92 Å². The molecule has 1 amide bonds. The largest absolute Gasteiger partial charge is 0.481 e. The Balaban J connectivity index is 1.70. The van der Waals surface area contributed by atoms with E-state index in [2.05, 4.69) is 9.80 Å². The third-order valence-corrected chi connectivity index (χ3v) is 4.99. The second-order valence-electron chi connectivity index (χ2n) is 6.66. The topological polar surface area (TPSA) is 86.5 Å². The molecular formula is C17H25N3O5. The van der Waals surface area contributed by atoms with Crippen LogP contribution in [-0.2, 0) is 9.53 Å². The lowest BCUT2D eigenvalue weighted by Crippen LogP contribution is -2.57. The van der Waals surface area contributed by atoms with Crippen LogP contribution in [0.2, 0.25) is 0 Å². The maximum Gasteiger partial charge on any atom is 0.309 e. The first-order chi connectivity index (χ1) is 12.1. The molecule has 0 aliphatic carbocycles. The van der Waals surface area contributed by atoms with Gasteiger partial charge in [0.1, 0.15) is 0 Å². The second-order valence-corrected chi connectivity index (χ2v) is 6.66. The quantitative estimate of drug-likeness (QED) is 0.803. The van der Waals surface area contributed by atoms with Gasteiger partial charge in [0, 0.05) is 59.0 Å². The number of hydrogen-bond acceptors (Lipinski definition) is 6. The molecule has 2 aliphatic rings. The van der Waals surface area contributed by atoms with Gasteiger partial charge >= 0.3 is 5.97 Å².